The number of hydrogen-bond acceptors (Lipinski definition) is 4. The first-order chi connectivity index (χ1) is 6.97. The lowest BCUT2D eigenvalue weighted by atomic mass is 10.0. The minimum absolute atomic E-state index is 0.0415. The van der Waals surface area contributed by atoms with Crippen molar-refractivity contribution in [1.29, 1.82) is 5.26 Å². The molecule has 0 N–H and O–H groups in total. The molecule has 0 heterocycles. The van der Waals surface area contributed by atoms with E-state index in [0.717, 1.165) is 6.07 Å². The Bertz CT molecular complexity index is 486. The van der Waals surface area contributed by atoms with E-state index in [4.69, 9.17) is 5.26 Å². The summed E-state index contributed by atoms with van der Waals surface area (Å²) >= 11 is 0. The fraction of sp³-hybridized carbons (Fsp3) is 0.200. The number of nitro benzene ring substituents is 1. The molecule has 0 unspecified atom stereocenters. The number of aryl methyl sites for hydroxylation is 1. The summed E-state index contributed by atoms with van der Waals surface area (Å²) in [6, 6.07) is 4.28. The molecule has 1 rings (SSSR count). The molecule has 5 nitrogen and oxygen atoms in total. The summed E-state index contributed by atoms with van der Waals surface area (Å²) in [7, 11) is 0. The lowest BCUT2D eigenvalue weighted by molar-refractivity contribution is -0.385. The summed E-state index contributed by atoms with van der Waals surface area (Å²) in [5.74, 6) is -0.274. The van der Waals surface area contributed by atoms with E-state index in [-0.39, 0.29) is 22.6 Å². The Morgan fingerprint density at radius 3 is 2.53 bits per heavy atom. The molecule has 76 valence electrons. The van der Waals surface area contributed by atoms with Crippen molar-refractivity contribution in [2.75, 3.05) is 0 Å². The van der Waals surface area contributed by atoms with E-state index >= 15 is 0 Å². The second-order valence-corrected chi connectivity index (χ2v) is 3.11. The Morgan fingerprint density at radius 1 is 1.53 bits per heavy atom. The van der Waals surface area contributed by atoms with E-state index in [1.165, 1.54) is 19.9 Å². The molecule has 5 heteroatoms. The molecule has 0 amide bonds. The van der Waals surface area contributed by atoms with Gasteiger partial charge in [-0.3, -0.25) is 14.9 Å². The molecule has 0 bridgehead atoms. The van der Waals surface area contributed by atoms with E-state index in [0.29, 0.717) is 5.56 Å². The van der Waals surface area contributed by atoms with Gasteiger partial charge in [0.1, 0.15) is 6.07 Å². The predicted molar refractivity (Wildman–Crippen MR) is 52.6 cm³/mol. The fourth-order valence-electron chi connectivity index (χ4n) is 1.28. The zero-order valence-corrected chi connectivity index (χ0v) is 8.27. The molecular weight excluding hydrogens is 196 g/mol. The Morgan fingerprint density at radius 2 is 2.13 bits per heavy atom. The Hall–Kier alpha value is -2.22. The highest BCUT2D eigenvalue weighted by Crippen LogP contribution is 2.22. The first kappa shape index (κ1) is 10.9. The van der Waals surface area contributed by atoms with Gasteiger partial charge in [-0.05, 0) is 19.9 Å². The Kier molecular flexibility index (Phi) is 2.81. The number of carbonyl (C=O) groups excluding carboxylic acids is 1. The number of benzene rings is 1. The third kappa shape index (κ3) is 1.99. The van der Waals surface area contributed by atoms with Gasteiger partial charge in [0.05, 0.1) is 10.5 Å². The lowest BCUT2D eigenvalue weighted by Crippen LogP contribution is -2.01. The molecule has 0 aliphatic rings. The van der Waals surface area contributed by atoms with E-state index in [1.807, 2.05) is 0 Å². The lowest BCUT2D eigenvalue weighted by Gasteiger charge is -2.02. The quantitative estimate of drug-likeness (QED) is 0.418. The van der Waals surface area contributed by atoms with Crippen LogP contribution in [0.25, 0.3) is 0 Å². The normalized spacial score (nSPS) is 9.40. The van der Waals surface area contributed by atoms with Gasteiger partial charge in [-0.1, -0.05) is 0 Å². The molecule has 0 aliphatic carbocycles. The number of rotatable bonds is 2. The van der Waals surface area contributed by atoms with Crippen molar-refractivity contribution in [1.82, 2.24) is 0 Å². The van der Waals surface area contributed by atoms with Gasteiger partial charge in [-0.15, -0.1) is 0 Å². The predicted octanol–water partition coefficient (Wildman–Crippen LogP) is 1.98. The van der Waals surface area contributed by atoms with Crippen molar-refractivity contribution < 1.29 is 9.72 Å². The molecule has 0 aromatic heterocycles. The molecule has 0 atom stereocenters. The number of nitrogens with zero attached hydrogens (tertiary/aromatic N) is 2. The van der Waals surface area contributed by atoms with Gasteiger partial charge >= 0.3 is 0 Å². The van der Waals surface area contributed by atoms with Gasteiger partial charge in [0.15, 0.2) is 5.78 Å². The maximum Gasteiger partial charge on any atom is 0.273 e. The summed E-state index contributed by atoms with van der Waals surface area (Å²) in [5, 5.41) is 19.3. The molecule has 1 aromatic carbocycles. The third-order valence-electron chi connectivity index (χ3n) is 2.03. The van der Waals surface area contributed by atoms with Crippen molar-refractivity contribution in [3.63, 3.8) is 0 Å². The van der Waals surface area contributed by atoms with Gasteiger partial charge < -0.3 is 0 Å². The van der Waals surface area contributed by atoms with Gasteiger partial charge in [-0.25, -0.2) is 0 Å². The van der Waals surface area contributed by atoms with Crippen molar-refractivity contribution in [3.8, 4) is 6.07 Å². The highest BCUT2D eigenvalue weighted by Gasteiger charge is 2.16. The monoisotopic (exact) mass is 204 g/mol. The van der Waals surface area contributed by atoms with Crippen LogP contribution in [-0.2, 0) is 0 Å². The van der Waals surface area contributed by atoms with Crippen LogP contribution in [0, 0.1) is 28.4 Å². The summed E-state index contributed by atoms with van der Waals surface area (Å²) in [4.78, 5) is 21.2. The first-order valence-electron chi connectivity index (χ1n) is 4.17. The highest BCUT2D eigenvalue weighted by atomic mass is 16.6. The van der Waals surface area contributed by atoms with E-state index in [9.17, 15) is 14.9 Å². The number of Topliss-reactive ketones (excluding diaryl/α,β-unsaturated/α-hetero) is 1. The number of nitriles is 1. The number of ketones is 1. The Balaban J connectivity index is 3.51. The standard InChI is InChI=1S/C10H8N2O3/c1-6-3-9(7(2)13)8(5-11)4-10(6)12(14)15/h3-4H,1-2H3. The van der Waals surface area contributed by atoms with Crippen LogP contribution in [-0.4, -0.2) is 10.7 Å². The van der Waals surface area contributed by atoms with Gasteiger partial charge in [0.25, 0.3) is 5.69 Å². The van der Waals surface area contributed by atoms with Crippen LogP contribution in [0.2, 0.25) is 0 Å². The van der Waals surface area contributed by atoms with Crippen LogP contribution in [0.5, 0.6) is 0 Å². The van der Waals surface area contributed by atoms with Crippen molar-refractivity contribution >= 4 is 11.5 Å². The van der Waals surface area contributed by atoms with Crippen LogP contribution >= 0.6 is 0 Å². The average Bonchev–Trinajstić information content (AvgIpc) is 2.16. The van der Waals surface area contributed by atoms with Crippen LogP contribution in [0.1, 0.15) is 28.4 Å². The largest absolute Gasteiger partial charge is 0.294 e. The maximum absolute atomic E-state index is 11.1. The molecule has 0 radical (unpaired) electrons. The molecular formula is C10H8N2O3. The third-order valence-corrected chi connectivity index (χ3v) is 2.03. The second-order valence-electron chi connectivity index (χ2n) is 3.11. The smallest absolute Gasteiger partial charge is 0.273 e. The summed E-state index contributed by atoms with van der Waals surface area (Å²) in [6.07, 6.45) is 0. The molecule has 0 saturated heterocycles. The minimum Gasteiger partial charge on any atom is -0.294 e. The minimum atomic E-state index is -0.569. The molecule has 0 aliphatic heterocycles. The van der Waals surface area contributed by atoms with E-state index in [2.05, 4.69) is 0 Å². The highest BCUT2D eigenvalue weighted by molar-refractivity contribution is 5.97. The number of hydrogen-bond donors (Lipinski definition) is 0. The Labute approximate surface area is 86.1 Å². The van der Waals surface area contributed by atoms with E-state index < -0.39 is 4.92 Å². The molecule has 1 aromatic rings. The zero-order chi connectivity index (χ0) is 11.6. The van der Waals surface area contributed by atoms with Crippen molar-refractivity contribution in [2.24, 2.45) is 0 Å². The molecule has 15 heavy (non-hydrogen) atoms. The van der Waals surface area contributed by atoms with Gasteiger partial charge in [0.2, 0.25) is 0 Å². The molecule has 0 fully saturated rings. The molecule has 0 saturated carbocycles. The van der Waals surface area contributed by atoms with Crippen LogP contribution in [0.15, 0.2) is 12.1 Å². The zero-order valence-electron chi connectivity index (χ0n) is 8.27. The van der Waals surface area contributed by atoms with Crippen molar-refractivity contribution in [3.05, 3.63) is 38.9 Å². The summed E-state index contributed by atoms with van der Waals surface area (Å²) in [5.41, 5.74) is 0.501. The van der Waals surface area contributed by atoms with Gasteiger partial charge in [-0.2, -0.15) is 5.26 Å². The van der Waals surface area contributed by atoms with E-state index in [1.54, 1.807) is 6.07 Å². The van der Waals surface area contributed by atoms with Crippen LogP contribution < -0.4 is 0 Å². The number of nitro groups is 1. The molecule has 0 spiro atoms. The summed E-state index contributed by atoms with van der Waals surface area (Å²) < 4.78 is 0. The summed E-state index contributed by atoms with van der Waals surface area (Å²) in [6.45, 7) is 2.85. The average molecular weight is 204 g/mol. The van der Waals surface area contributed by atoms with Crippen LogP contribution in [0.4, 0.5) is 5.69 Å². The SMILES string of the molecule is CC(=O)c1cc(C)c([N+](=O)[O-])cc1C#N. The second kappa shape index (κ2) is 3.88. The number of carbonyl (C=O) groups is 1. The maximum atomic E-state index is 11.1. The fourth-order valence-corrected chi connectivity index (χ4v) is 1.28. The van der Waals surface area contributed by atoms with Gasteiger partial charge in [0, 0.05) is 17.2 Å². The topological polar surface area (TPSA) is 84.0 Å². The van der Waals surface area contributed by atoms with Crippen molar-refractivity contribution in [2.45, 2.75) is 13.8 Å². The van der Waals surface area contributed by atoms with Crippen LogP contribution in [0.3, 0.4) is 0 Å². The first-order valence-corrected chi connectivity index (χ1v) is 4.17.